The van der Waals surface area contributed by atoms with E-state index in [-0.39, 0.29) is 11.6 Å². The summed E-state index contributed by atoms with van der Waals surface area (Å²) in [6, 6.07) is 15.5. The highest BCUT2D eigenvalue weighted by molar-refractivity contribution is 5.97. The van der Waals surface area contributed by atoms with Crippen LogP contribution in [0.1, 0.15) is 28.4 Å². The number of carbonyl (C=O) groups is 1. The molecule has 2 aromatic rings. The molecule has 166 valence electrons. The lowest BCUT2D eigenvalue weighted by atomic mass is 10.0. The third kappa shape index (κ3) is 5.19. The van der Waals surface area contributed by atoms with E-state index in [2.05, 4.69) is 9.64 Å². The Kier molecular flexibility index (Phi) is 6.20. The Hall–Kier alpha value is -2.58. The van der Waals surface area contributed by atoms with Crippen molar-refractivity contribution in [1.82, 2.24) is 9.80 Å². The van der Waals surface area contributed by atoms with Gasteiger partial charge in [-0.05, 0) is 42.5 Å². The Labute approximate surface area is 179 Å². The molecule has 2 saturated heterocycles. The lowest BCUT2D eigenvalue weighted by Gasteiger charge is -2.23. The zero-order chi connectivity index (χ0) is 22.0. The minimum atomic E-state index is -4.83. The maximum atomic E-state index is 12.9. The van der Waals surface area contributed by atoms with Crippen molar-refractivity contribution >= 4 is 5.91 Å². The number of likely N-dealkylation sites (tertiary alicyclic amines) is 2. The SMILES string of the molecule is N[C@@H](CCN1CC2CN(C(=O)c3ccccc3OC(F)(F)F)CC2C1)c1ccccc1. The molecule has 2 aromatic carbocycles. The van der Waals surface area contributed by atoms with E-state index in [1.54, 1.807) is 11.0 Å². The average Bonchev–Trinajstić information content (AvgIpc) is 3.30. The van der Waals surface area contributed by atoms with Gasteiger partial charge >= 0.3 is 6.36 Å². The van der Waals surface area contributed by atoms with Gasteiger partial charge in [-0.2, -0.15) is 0 Å². The van der Waals surface area contributed by atoms with Crippen molar-refractivity contribution in [1.29, 1.82) is 0 Å². The van der Waals surface area contributed by atoms with Crippen LogP contribution in [0.4, 0.5) is 13.2 Å². The standard InChI is InChI=1S/C23H26F3N3O2/c24-23(25,26)31-21-9-5-4-8-19(21)22(30)29-14-17-12-28(13-18(17)15-29)11-10-20(27)16-6-2-1-3-7-16/h1-9,17-18,20H,10-15,27H2/t17?,18?,20-/m0/s1. The Morgan fingerprint density at radius 1 is 1.00 bits per heavy atom. The molecule has 0 radical (unpaired) electrons. The highest BCUT2D eigenvalue weighted by Gasteiger charge is 2.42. The van der Waals surface area contributed by atoms with Crippen molar-refractivity contribution in [3.8, 4) is 5.75 Å². The lowest BCUT2D eigenvalue weighted by molar-refractivity contribution is -0.274. The van der Waals surface area contributed by atoms with Crippen LogP contribution in [0.15, 0.2) is 54.6 Å². The molecule has 2 N–H and O–H groups in total. The van der Waals surface area contributed by atoms with E-state index in [0.29, 0.717) is 24.9 Å². The first kappa shape index (κ1) is 21.6. The molecule has 0 spiro atoms. The summed E-state index contributed by atoms with van der Waals surface area (Å²) in [7, 11) is 0. The van der Waals surface area contributed by atoms with Gasteiger partial charge in [0.25, 0.3) is 5.91 Å². The van der Waals surface area contributed by atoms with Crippen LogP contribution in [0.5, 0.6) is 5.75 Å². The van der Waals surface area contributed by atoms with Gasteiger partial charge in [0.2, 0.25) is 0 Å². The molecular formula is C23H26F3N3O2. The molecule has 2 aliphatic heterocycles. The number of amides is 1. The van der Waals surface area contributed by atoms with Gasteiger partial charge in [-0.15, -0.1) is 13.2 Å². The third-order valence-electron chi connectivity index (χ3n) is 6.18. The van der Waals surface area contributed by atoms with Crippen LogP contribution in [0.3, 0.4) is 0 Å². The predicted molar refractivity (Wildman–Crippen MR) is 110 cm³/mol. The minimum Gasteiger partial charge on any atom is -0.405 e. The molecule has 2 heterocycles. The van der Waals surface area contributed by atoms with Gasteiger partial charge < -0.3 is 20.3 Å². The number of carbonyl (C=O) groups excluding carboxylic acids is 1. The zero-order valence-corrected chi connectivity index (χ0v) is 17.1. The van der Waals surface area contributed by atoms with E-state index >= 15 is 0 Å². The van der Waals surface area contributed by atoms with Gasteiger partial charge in [0.05, 0.1) is 5.56 Å². The van der Waals surface area contributed by atoms with Crippen LogP contribution in [-0.4, -0.2) is 54.8 Å². The summed E-state index contributed by atoms with van der Waals surface area (Å²) in [5.41, 5.74) is 7.37. The van der Waals surface area contributed by atoms with Crippen LogP contribution in [-0.2, 0) is 0 Å². The van der Waals surface area contributed by atoms with Gasteiger partial charge in [0.15, 0.2) is 0 Å². The van der Waals surface area contributed by atoms with Gasteiger partial charge in [-0.1, -0.05) is 42.5 Å². The third-order valence-corrected chi connectivity index (χ3v) is 6.18. The molecule has 0 aliphatic carbocycles. The Bertz CT molecular complexity index is 892. The van der Waals surface area contributed by atoms with Crippen molar-refractivity contribution in [2.24, 2.45) is 17.6 Å². The van der Waals surface area contributed by atoms with Crippen molar-refractivity contribution in [3.63, 3.8) is 0 Å². The normalized spacial score (nSPS) is 22.4. The molecule has 5 nitrogen and oxygen atoms in total. The van der Waals surface area contributed by atoms with E-state index in [0.717, 1.165) is 31.6 Å². The number of fused-ring (bicyclic) bond motifs is 1. The van der Waals surface area contributed by atoms with Crippen molar-refractivity contribution in [3.05, 3.63) is 65.7 Å². The number of nitrogens with zero attached hydrogens (tertiary/aromatic N) is 2. The van der Waals surface area contributed by atoms with Crippen molar-refractivity contribution < 1.29 is 22.7 Å². The number of hydrogen-bond acceptors (Lipinski definition) is 4. The molecule has 31 heavy (non-hydrogen) atoms. The second kappa shape index (κ2) is 8.88. The molecule has 0 aromatic heterocycles. The molecule has 0 bridgehead atoms. The minimum absolute atomic E-state index is 0.00940. The summed E-state index contributed by atoms with van der Waals surface area (Å²) in [6.07, 6.45) is -3.98. The first-order valence-electron chi connectivity index (χ1n) is 10.5. The lowest BCUT2D eigenvalue weighted by Crippen LogP contribution is -2.34. The number of hydrogen-bond donors (Lipinski definition) is 1. The van der Waals surface area contributed by atoms with Gasteiger partial charge in [-0.3, -0.25) is 4.79 Å². The van der Waals surface area contributed by atoms with Gasteiger partial charge in [0, 0.05) is 32.2 Å². The fraction of sp³-hybridized carbons (Fsp3) is 0.435. The highest BCUT2D eigenvalue weighted by atomic mass is 19.4. The molecule has 3 atom stereocenters. The van der Waals surface area contributed by atoms with Crippen molar-refractivity contribution in [2.45, 2.75) is 18.8 Å². The Morgan fingerprint density at radius 3 is 2.26 bits per heavy atom. The highest BCUT2D eigenvalue weighted by Crippen LogP contribution is 2.34. The molecular weight excluding hydrogens is 407 g/mol. The maximum absolute atomic E-state index is 12.9. The van der Waals surface area contributed by atoms with Crippen LogP contribution < -0.4 is 10.5 Å². The van der Waals surface area contributed by atoms with E-state index in [1.807, 2.05) is 30.3 Å². The molecule has 2 fully saturated rings. The second-order valence-electron chi connectivity index (χ2n) is 8.34. The number of rotatable bonds is 6. The summed E-state index contributed by atoms with van der Waals surface area (Å²) in [6.45, 7) is 3.72. The van der Waals surface area contributed by atoms with Crippen LogP contribution >= 0.6 is 0 Å². The first-order chi connectivity index (χ1) is 14.8. The monoisotopic (exact) mass is 433 g/mol. The van der Waals surface area contributed by atoms with Crippen LogP contribution in [0.25, 0.3) is 0 Å². The molecule has 0 saturated carbocycles. The number of nitrogens with two attached hydrogens (primary N) is 1. The summed E-state index contributed by atoms with van der Waals surface area (Å²) in [5, 5.41) is 0. The Morgan fingerprint density at radius 2 is 1.61 bits per heavy atom. The molecule has 2 aliphatic rings. The zero-order valence-electron chi connectivity index (χ0n) is 17.1. The molecule has 2 unspecified atom stereocenters. The van der Waals surface area contributed by atoms with Crippen LogP contribution in [0.2, 0.25) is 0 Å². The quantitative estimate of drug-likeness (QED) is 0.755. The predicted octanol–water partition coefficient (Wildman–Crippen LogP) is 3.68. The van der Waals surface area contributed by atoms with E-state index in [4.69, 9.17) is 5.73 Å². The van der Waals surface area contributed by atoms with E-state index in [9.17, 15) is 18.0 Å². The number of benzene rings is 2. The van der Waals surface area contributed by atoms with Crippen molar-refractivity contribution in [2.75, 3.05) is 32.7 Å². The molecule has 1 amide bonds. The number of alkyl halides is 3. The molecule has 4 rings (SSSR count). The summed E-state index contributed by atoms with van der Waals surface area (Å²) >= 11 is 0. The summed E-state index contributed by atoms with van der Waals surface area (Å²) in [5.74, 6) is -0.208. The van der Waals surface area contributed by atoms with E-state index in [1.165, 1.54) is 18.2 Å². The number of para-hydroxylation sites is 1. The van der Waals surface area contributed by atoms with Crippen LogP contribution in [0, 0.1) is 11.8 Å². The maximum Gasteiger partial charge on any atom is 0.573 e. The summed E-state index contributed by atoms with van der Waals surface area (Å²) < 4.78 is 42.1. The van der Waals surface area contributed by atoms with Gasteiger partial charge in [0.1, 0.15) is 5.75 Å². The fourth-order valence-corrected chi connectivity index (χ4v) is 4.65. The fourth-order valence-electron chi connectivity index (χ4n) is 4.65. The number of ether oxygens (including phenoxy) is 1. The van der Waals surface area contributed by atoms with Gasteiger partial charge in [-0.25, -0.2) is 0 Å². The number of halogens is 3. The topological polar surface area (TPSA) is 58.8 Å². The average molecular weight is 433 g/mol. The molecule has 8 heteroatoms. The first-order valence-corrected chi connectivity index (χ1v) is 10.5. The van der Waals surface area contributed by atoms with E-state index < -0.39 is 18.0 Å². The summed E-state index contributed by atoms with van der Waals surface area (Å²) in [4.78, 5) is 16.9. The second-order valence-corrected chi connectivity index (χ2v) is 8.34. The Balaban J connectivity index is 1.31. The largest absolute Gasteiger partial charge is 0.573 e. The smallest absolute Gasteiger partial charge is 0.405 e.